The molecule has 0 aliphatic rings. The van der Waals surface area contributed by atoms with Crippen molar-refractivity contribution in [2.24, 2.45) is 5.92 Å². The molecular weight excluding hydrogens is 248 g/mol. The van der Waals surface area contributed by atoms with Gasteiger partial charge in [0.1, 0.15) is 12.4 Å². The number of ether oxygens (including phenoxy) is 1. The molecule has 1 aromatic carbocycles. The van der Waals surface area contributed by atoms with Crippen LogP contribution >= 0.6 is 0 Å². The number of benzene rings is 1. The highest BCUT2D eigenvalue weighted by molar-refractivity contribution is 5.27. The van der Waals surface area contributed by atoms with E-state index in [1.54, 1.807) is 12.4 Å². The third kappa shape index (κ3) is 5.02. The first kappa shape index (κ1) is 14.5. The third-order valence-corrected chi connectivity index (χ3v) is 2.96. The lowest BCUT2D eigenvalue weighted by molar-refractivity contribution is 0.306. The van der Waals surface area contributed by atoms with Gasteiger partial charge in [0.25, 0.3) is 0 Å². The highest BCUT2D eigenvalue weighted by Gasteiger charge is 1.98. The fourth-order valence-corrected chi connectivity index (χ4v) is 1.85. The molecular formula is C17H22N2O. The van der Waals surface area contributed by atoms with E-state index in [2.05, 4.69) is 36.3 Å². The molecule has 3 heteroatoms. The van der Waals surface area contributed by atoms with Gasteiger partial charge in [-0.15, -0.1) is 0 Å². The predicted octanol–water partition coefficient (Wildman–Crippen LogP) is 3.41. The minimum Gasteiger partial charge on any atom is -0.489 e. The zero-order chi connectivity index (χ0) is 14.2. The number of hydrogen-bond donors (Lipinski definition) is 1. The second-order valence-corrected chi connectivity index (χ2v) is 5.31. The molecule has 20 heavy (non-hydrogen) atoms. The fraction of sp³-hybridized carbons (Fsp3) is 0.353. The molecule has 106 valence electrons. The topological polar surface area (TPSA) is 34.1 Å². The van der Waals surface area contributed by atoms with Crippen LogP contribution in [0.2, 0.25) is 0 Å². The van der Waals surface area contributed by atoms with E-state index in [9.17, 15) is 0 Å². The van der Waals surface area contributed by atoms with E-state index in [4.69, 9.17) is 4.74 Å². The van der Waals surface area contributed by atoms with Gasteiger partial charge in [0.05, 0.1) is 0 Å². The molecule has 2 aromatic rings. The summed E-state index contributed by atoms with van der Waals surface area (Å²) in [5.74, 6) is 1.58. The molecule has 2 rings (SSSR count). The summed E-state index contributed by atoms with van der Waals surface area (Å²) < 4.78 is 5.74. The quantitative estimate of drug-likeness (QED) is 0.837. The number of rotatable bonds is 7. The highest BCUT2D eigenvalue weighted by Crippen LogP contribution is 2.14. The molecule has 0 radical (unpaired) electrons. The van der Waals surface area contributed by atoms with E-state index in [-0.39, 0.29) is 0 Å². The Morgan fingerprint density at radius 3 is 2.35 bits per heavy atom. The predicted molar refractivity (Wildman–Crippen MR) is 81.6 cm³/mol. The van der Waals surface area contributed by atoms with Gasteiger partial charge >= 0.3 is 0 Å². The SMILES string of the molecule is CC(C)CNCc1ccc(OCc2ccncc2)cc1. The van der Waals surface area contributed by atoms with Gasteiger partial charge in [0, 0.05) is 18.9 Å². The first-order valence-electron chi connectivity index (χ1n) is 7.05. The molecule has 1 N–H and O–H groups in total. The van der Waals surface area contributed by atoms with Crippen LogP contribution in [0.4, 0.5) is 0 Å². The molecule has 0 saturated carbocycles. The van der Waals surface area contributed by atoms with Crippen molar-refractivity contribution in [2.45, 2.75) is 27.0 Å². The Morgan fingerprint density at radius 2 is 1.70 bits per heavy atom. The normalized spacial score (nSPS) is 10.8. The van der Waals surface area contributed by atoms with Gasteiger partial charge in [-0.05, 0) is 47.9 Å². The summed E-state index contributed by atoms with van der Waals surface area (Å²) in [5, 5.41) is 3.43. The molecule has 1 aromatic heterocycles. The summed E-state index contributed by atoms with van der Waals surface area (Å²) in [6.45, 7) is 6.95. The number of pyridine rings is 1. The van der Waals surface area contributed by atoms with E-state index >= 15 is 0 Å². The molecule has 1 heterocycles. The maximum absolute atomic E-state index is 5.74. The number of hydrogen-bond acceptors (Lipinski definition) is 3. The second-order valence-electron chi connectivity index (χ2n) is 5.31. The van der Waals surface area contributed by atoms with E-state index in [1.807, 2.05) is 24.3 Å². The zero-order valence-corrected chi connectivity index (χ0v) is 12.2. The molecule has 0 amide bonds. The Bertz CT molecular complexity index is 494. The van der Waals surface area contributed by atoms with Crippen LogP contribution in [0.3, 0.4) is 0 Å². The van der Waals surface area contributed by atoms with Gasteiger partial charge < -0.3 is 10.1 Å². The lowest BCUT2D eigenvalue weighted by Crippen LogP contribution is -2.18. The lowest BCUT2D eigenvalue weighted by atomic mass is 10.2. The van der Waals surface area contributed by atoms with Crippen LogP contribution in [0.25, 0.3) is 0 Å². The van der Waals surface area contributed by atoms with Crippen molar-refractivity contribution in [3.05, 3.63) is 59.9 Å². The maximum Gasteiger partial charge on any atom is 0.119 e. The van der Waals surface area contributed by atoms with Crippen LogP contribution in [-0.2, 0) is 13.2 Å². The van der Waals surface area contributed by atoms with Crippen molar-refractivity contribution >= 4 is 0 Å². The smallest absolute Gasteiger partial charge is 0.119 e. The molecule has 0 fully saturated rings. The number of nitrogens with one attached hydrogen (secondary N) is 1. The van der Waals surface area contributed by atoms with Gasteiger partial charge in [0.2, 0.25) is 0 Å². The maximum atomic E-state index is 5.74. The highest BCUT2D eigenvalue weighted by atomic mass is 16.5. The van der Waals surface area contributed by atoms with E-state index in [1.165, 1.54) is 5.56 Å². The Labute approximate surface area is 121 Å². The largest absolute Gasteiger partial charge is 0.489 e. The van der Waals surface area contributed by atoms with Crippen molar-refractivity contribution < 1.29 is 4.74 Å². The summed E-state index contributed by atoms with van der Waals surface area (Å²) >= 11 is 0. The molecule has 0 bridgehead atoms. The Kier molecular flexibility index (Phi) is 5.56. The molecule has 0 aliphatic carbocycles. The summed E-state index contributed by atoms with van der Waals surface area (Å²) in [6, 6.07) is 12.2. The second kappa shape index (κ2) is 7.65. The average Bonchev–Trinajstić information content (AvgIpc) is 2.47. The summed E-state index contributed by atoms with van der Waals surface area (Å²) in [6.07, 6.45) is 3.56. The summed E-state index contributed by atoms with van der Waals surface area (Å²) in [4.78, 5) is 3.99. The minimum absolute atomic E-state index is 0.577. The fourth-order valence-electron chi connectivity index (χ4n) is 1.85. The Morgan fingerprint density at radius 1 is 1.00 bits per heavy atom. The molecule has 0 saturated heterocycles. The van der Waals surface area contributed by atoms with E-state index in [0.29, 0.717) is 12.5 Å². The van der Waals surface area contributed by atoms with Crippen LogP contribution < -0.4 is 10.1 Å². The minimum atomic E-state index is 0.577. The van der Waals surface area contributed by atoms with Crippen LogP contribution in [-0.4, -0.2) is 11.5 Å². The Hall–Kier alpha value is -1.87. The van der Waals surface area contributed by atoms with Crippen molar-refractivity contribution in [3.63, 3.8) is 0 Å². The molecule has 0 atom stereocenters. The molecule has 0 unspecified atom stereocenters. The summed E-state index contributed by atoms with van der Waals surface area (Å²) in [5.41, 5.74) is 2.41. The molecule has 0 spiro atoms. The molecule has 0 aliphatic heterocycles. The van der Waals surface area contributed by atoms with E-state index < -0.39 is 0 Å². The number of aromatic nitrogens is 1. The van der Waals surface area contributed by atoms with Crippen molar-refractivity contribution in [1.29, 1.82) is 0 Å². The summed E-state index contributed by atoms with van der Waals surface area (Å²) in [7, 11) is 0. The van der Waals surface area contributed by atoms with Crippen molar-refractivity contribution in [3.8, 4) is 5.75 Å². The van der Waals surface area contributed by atoms with Crippen LogP contribution in [0.1, 0.15) is 25.0 Å². The van der Waals surface area contributed by atoms with Crippen molar-refractivity contribution in [1.82, 2.24) is 10.3 Å². The zero-order valence-electron chi connectivity index (χ0n) is 12.2. The average molecular weight is 270 g/mol. The van der Waals surface area contributed by atoms with Gasteiger partial charge in [-0.1, -0.05) is 26.0 Å². The number of nitrogens with zero attached hydrogens (tertiary/aromatic N) is 1. The first-order valence-corrected chi connectivity index (χ1v) is 7.05. The molecule has 3 nitrogen and oxygen atoms in total. The van der Waals surface area contributed by atoms with Crippen molar-refractivity contribution in [2.75, 3.05) is 6.54 Å². The lowest BCUT2D eigenvalue weighted by Gasteiger charge is -2.09. The van der Waals surface area contributed by atoms with E-state index in [0.717, 1.165) is 24.4 Å². The monoisotopic (exact) mass is 270 g/mol. The first-order chi connectivity index (χ1) is 9.74. The van der Waals surface area contributed by atoms with Crippen LogP contribution in [0.5, 0.6) is 5.75 Å². The Balaban J connectivity index is 1.79. The van der Waals surface area contributed by atoms with Crippen LogP contribution in [0, 0.1) is 5.92 Å². The van der Waals surface area contributed by atoms with Gasteiger partial charge in [-0.25, -0.2) is 0 Å². The van der Waals surface area contributed by atoms with Gasteiger partial charge in [-0.3, -0.25) is 4.98 Å². The standard InChI is InChI=1S/C17H22N2O/c1-14(2)11-19-12-15-3-5-17(6-4-15)20-13-16-7-9-18-10-8-16/h3-10,14,19H,11-13H2,1-2H3. The third-order valence-electron chi connectivity index (χ3n) is 2.96. The van der Waals surface area contributed by atoms with Gasteiger partial charge in [0.15, 0.2) is 0 Å². The van der Waals surface area contributed by atoms with Gasteiger partial charge in [-0.2, -0.15) is 0 Å². The van der Waals surface area contributed by atoms with Crippen LogP contribution in [0.15, 0.2) is 48.8 Å².